The highest BCUT2D eigenvalue weighted by Crippen LogP contribution is 2.44. The van der Waals surface area contributed by atoms with E-state index in [1.807, 2.05) is 11.3 Å². The maximum atomic E-state index is 2.43. The van der Waals surface area contributed by atoms with Crippen molar-refractivity contribution >= 4 is 91.7 Å². The van der Waals surface area contributed by atoms with Crippen LogP contribution in [0.5, 0.6) is 0 Å². The van der Waals surface area contributed by atoms with Crippen molar-refractivity contribution in [3.63, 3.8) is 0 Å². The lowest BCUT2D eigenvalue weighted by atomic mass is 10.0. The van der Waals surface area contributed by atoms with E-state index in [0.29, 0.717) is 0 Å². The molecular weight excluding hydrogens is 527 g/mol. The van der Waals surface area contributed by atoms with Crippen molar-refractivity contribution in [2.75, 3.05) is 4.90 Å². The van der Waals surface area contributed by atoms with Gasteiger partial charge in [0.1, 0.15) is 0 Å². The zero-order valence-electron chi connectivity index (χ0n) is 22.8. The lowest BCUT2D eigenvalue weighted by Gasteiger charge is -2.27. The molecule has 1 aromatic heterocycles. The lowest BCUT2D eigenvalue weighted by Crippen LogP contribution is -2.10. The van der Waals surface area contributed by atoms with E-state index in [2.05, 4.69) is 157 Å². The number of thiophene rings is 1. The molecule has 196 valence electrons. The first kappa shape index (κ1) is 23.5. The van der Waals surface area contributed by atoms with Gasteiger partial charge in [-0.3, -0.25) is 0 Å². The number of hydrogen-bond donors (Lipinski definition) is 0. The largest absolute Gasteiger partial charge is 0.310 e. The van der Waals surface area contributed by atoms with Gasteiger partial charge in [-0.1, -0.05) is 115 Å². The van der Waals surface area contributed by atoms with Crippen molar-refractivity contribution in [2.45, 2.75) is 0 Å². The van der Waals surface area contributed by atoms with Gasteiger partial charge in [-0.05, 0) is 74.1 Å². The average molecular weight is 552 g/mol. The third-order valence-corrected chi connectivity index (χ3v) is 9.82. The zero-order valence-corrected chi connectivity index (χ0v) is 23.6. The van der Waals surface area contributed by atoms with E-state index >= 15 is 0 Å². The van der Waals surface area contributed by atoms with Crippen molar-refractivity contribution in [2.24, 2.45) is 0 Å². The van der Waals surface area contributed by atoms with Gasteiger partial charge in [0, 0.05) is 36.9 Å². The van der Waals surface area contributed by atoms with Crippen LogP contribution in [-0.4, -0.2) is 0 Å². The van der Waals surface area contributed by atoms with Crippen molar-refractivity contribution < 1.29 is 0 Å². The van der Waals surface area contributed by atoms with Crippen LogP contribution < -0.4 is 4.90 Å². The third-order valence-electron chi connectivity index (χ3n) is 8.60. The minimum Gasteiger partial charge on any atom is -0.310 e. The molecule has 9 rings (SSSR count). The number of hydrogen-bond acceptors (Lipinski definition) is 2. The fraction of sp³-hybridized carbons (Fsp3) is 0. The number of rotatable bonds is 3. The fourth-order valence-corrected chi connectivity index (χ4v) is 7.82. The van der Waals surface area contributed by atoms with Crippen molar-refractivity contribution in [3.8, 4) is 0 Å². The molecule has 0 aliphatic rings. The summed E-state index contributed by atoms with van der Waals surface area (Å²) in [5.74, 6) is 0. The molecule has 0 bridgehead atoms. The van der Waals surface area contributed by atoms with E-state index < -0.39 is 0 Å². The van der Waals surface area contributed by atoms with Crippen LogP contribution in [0.2, 0.25) is 0 Å². The second-order valence-electron chi connectivity index (χ2n) is 11.0. The van der Waals surface area contributed by atoms with E-state index in [1.165, 1.54) is 68.9 Å². The van der Waals surface area contributed by atoms with Gasteiger partial charge in [0.2, 0.25) is 0 Å². The number of nitrogens with zero attached hydrogens (tertiary/aromatic N) is 1. The van der Waals surface area contributed by atoms with Crippen LogP contribution >= 0.6 is 11.3 Å². The van der Waals surface area contributed by atoms with Crippen LogP contribution in [0.4, 0.5) is 17.1 Å². The molecule has 0 unspecified atom stereocenters. The van der Waals surface area contributed by atoms with Gasteiger partial charge >= 0.3 is 0 Å². The summed E-state index contributed by atoms with van der Waals surface area (Å²) in [6.45, 7) is 0. The van der Waals surface area contributed by atoms with E-state index in [-0.39, 0.29) is 0 Å². The number of anilines is 3. The number of fused-ring (bicyclic) bond motifs is 9. The van der Waals surface area contributed by atoms with Gasteiger partial charge in [0.05, 0.1) is 5.69 Å². The SMILES string of the molecule is c1ccc2c(N(c3ccc4c(ccc5ccccc54)c3)c3ccc4sc5c6ccccc6ccc5c4c3)cccc2c1. The smallest absolute Gasteiger partial charge is 0.0540 e. The Kier molecular flexibility index (Phi) is 5.13. The molecule has 0 saturated carbocycles. The number of benzene rings is 8. The maximum Gasteiger partial charge on any atom is 0.0540 e. The van der Waals surface area contributed by atoms with Crippen LogP contribution in [0.1, 0.15) is 0 Å². The summed E-state index contributed by atoms with van der Waals surface area (Å²) in [5, 5.41) is 12.8. The first-order valence-corrected chi connectivity index (χ1v) is 15.2. The Morgan fingerprint density at radius 3 is 1.79 bits per heavy atom. The summed E-state index contributed by atoms with van der Waals surface area (Å²) < 4.78 is 2.67. The Balaban J connectivity index is 1.31. The monoisotopic (exact) mass is 551 g/mol. The second kappa shape index (κ2) is 9.17. The molecule has 8 aromatic carbocycles. The highest BCUT2D eigenvalue weighted by molar-refractivity contribution is 7.26. The molecule has 0 amide bonds. The normalized spacial score (nSPS) is 11.8. The zero-order chi connectivity index (χ0) is 27.6. The van der Waals surface area contributed by atoms with E-state index in [9.17, 15) is 0 Å². The molecule has 0 atom stereocenters. The molecule has 1 heterocycles. The fourth-order valence-electron chi connectivity index (χ4n) is 6.60. The predicted molar refractivity (Wildman–Crippen MR) is 184 cm³/mol. The minimum absolute atomic E-state index is 1.15. The maximum absolute atomic E-state index is 2.43. The Labute approximate surface area is 247 Å². The molecule has 0 spiro atoms. The Morgan fingerprint density at radius 2 is 0.929 bits per heavy atom. The van der Waals surface area contributed by atoms with E-state index in [1.54, 1.807) is 0 Å². The first-order chi connectivity index (χ1) is 20.8. The summed E-state index contributed by atoms with van der Waals surface area (Å²) in [6.07, 6.45) is 0. The van der Waals surface area contributed by atoms with Crippen molar-refractivity contribution in [1.29, 1.82) is 0 Å². The molecule has 42 heavy (non-hydrogen) atoms. The standard InChI is InChI=1S/C40H25NS/c1-4-12-32-27(9-1)16-17-29-24-30(19-22-33(29)32)41(38-15-7-11-26-8-2-5-13-34(26)38)31-20-23-39-37(25-31)36-21-18-28-10-3-6-14-35(28)40(36)42-39/h1-25H. The topological polar surface area (TPSA) is 3.24 Å². The molecule has 0 aliphatic carbocycles. The molecule has 2 heteroatoms. The van der Waals surface area contributed by atoms with Gasteiger partial charge in [0.15, 0.2) is 0 Å². The summed E-state index contributed by atoms with van der Waals surface area (Å²) >= 11 is 1.89. The quantitative estimate of drug-likeness (QED) is 0.197. The molecule has 0 radical (unpaired) electrons. The van der Waals surface area contributed by atoms with Gasteiger partial charge in [-0.15, -0.1) is 11.3 Å². The highest BCUT2D eigenvalue weighted by Gasteiger charge is 2.18. The summed E-state index contributed by atoms with van der Waals surface area (Å²) in [4.78, 5) is 2.43. The minimum atomic E-state index is 1.15. The Morgan fingerprint density at radius 1 is 0.357 bits per heavy atom. The Hall–Kier alpha value is -5.18. The summed E-state index contributed by atoms with van der Waals surface area (Å²) in [6, 6.07) is 55.6. The molecule has 0 aliphatic heterocycles. The highest BCUT2D eigenvalue weighted by atomic mass is 32.1. The van der Waals surface area contributed by atoms with Gasteiger partial charge in [-0.2, -0.15) is 0 Å². The summed E-state index contributed by atoms with van der Waals surface area (Å²) in [7, 11) is 0. The molecule has 0 fully saturated rings. The first-order valence-electron chi connectivity index (χ1n) is 14.4. The van der Waals surface area contributed by atoms with Gasteiger partial charge in [-0.25, -0.2) is 0 Å². The van der Waals surface area contributed by atoms with Gasteiger partial charge in [0.25, 0.3) is 0 Å². The van der Waals surface area contributed by atoms with E-state index in [0.717, 1.165) is 11.4 Å². The molecule has 9 aromatic rings. The van der Waals surface area contributed by atoms with Crippen LogP contribution in [0.3, 0.4) is 0 Å². The second-order valence-corrected chi connectivity index (χ2v) is 12.0. The average Bonchev–Trinajstić information content (AvgIpc) is 3.43. The molecule has 0 N–H and O–H groups in total. The van der Waals surface area contributed by atoms with Crippen molar-refractivity contribution in [1.82, 2.24) is 0 Å². The Bertz CT molecular complexity index is 2480. The van der Waals surface area contributed by atoms with Crippen LogP contribution in [0.15, 0.2) is 152 Å². The molecule has 0 saturated heterocycles. The van der Waals surface area contributed by atoms with Gasteiger partial charge < -0.3 is 4.90 Å². The van der Waals surface area contributed by atoms with Crippen molar-refractivity contribution in [3.05, 3.63) is 152 Å². The third kappa shape index (κ3) is 3.56. The predicted octanol–water partition coefficient (Wildman–Crippen LogP) is 12.1. The van der Waals surface area contributed by atoms with E-state index in [4.69, 9.17) is 0 Å². The van der Waals surface area contributed by atoms with Crippen LogP contribution in [0.25, 0.3) is 63.3 Å². The molecule has 1 nitrogen and oxygen atoms in total. The summed E-state index contributed by atoms with van der Waals surface area (Å²) in [5.41, 5.74) is 3.49. The van der Waals surface area contributed by atoms with Crippen LogP contribution in [-0.2, 0) is 0 Å². The molecular formula is C40H25NS. The van der Waals surface area contributed by atoms with Crippen LogP contribution in [0, 0.1) is 0 Å². The lowest BCUT2D eigenvalue weighted by molar-refractivity contribution is 1.31.